The monoisotopic (exact) mass is 361 g/mol. The molecule has 0 radical (unpaired) electrons. The van der Waals surface area contributed by atoms with Crippen LogP contribution in [0.5, 0.6) is 0 Å². The molecule has 1 atom stereocenters. The largest absolute Gasteiger partial charge is 0.333 e. The van der Waals surface area contributed by atoms with E-state index in [0.717, 1.165) is 4.31 Å². The van der Waals surface area contributed by atoms with Crippen molar-refractivity contribution in [2.75, 3.05) is 14.1 Å². The van der Waals surface area contributed by atoms with Gasteiger partial charge in [-0.15, -0.1) is 0 Å². The molecular weight excluding hydrogens is 345 g/mol. The predicted octanol–water partition coefficient (Wildman–Crippen LogP) is 2.07. The van der Waals surface area contributed by atoms with Gasteiger partial charge in [0.1, 0.15) is 11.9 Å². The van der Waals surface area contributed by atoms with Crippen LogP contribution in [-0.2, 0) is 10.0 Å². The molecule has 0 fully saturated rings. The Kier molecular flexibility index (Phi) is 5.51. The molecule has 0 heterocycles. The molecule has 2 aromatic carbocycles. The highest BCUT2D eigenvalue weighted by atomic mass is 32.2. The molecule has 0 bridgehead atoms. The highest BCUT2D eigenvalue weighted by Crippen LogP contribution is 2.16. The van der Waals surface area contributed by atoms with Crippen LogP contribution in [0.3, 0.4) is 0 Å². The smallest absolute Gasteiger partial charge is 0.252 e. The second-order valence-electron chi connectivity index (χ2n) is 5.40. The average Bonchev–Trinajstić information content (AvgIpc) is 2.60. The van der Waals surface area contributed by atoms with Gasteiger partial charge in [0.15, 0.2) is 0 Å². The summed E-state index contributed by atoms with van der Waals surface area (Å²) < 4.78 is 38.0. The van der Waals surface area contributed by atoms with Crippen LogP contribution in [0, 0.1) is 17.1 Å². The van der Waals surface area contributed by atoms with Gasteiger partial charge in [-0.05, 0) is 42.0 Å². The molecule has 2 rings (SSSR count). The van der Waals surface area contributed by atoms with E-state index in [1.165, 1.54) is 62.6 Å². The topological polar surface area (TPSA) is 90.3 Å². The van der Waals surface area contributed by atoms with E-state index in [2.05, 4.69) is 5.32 Å². The number of benzene rings is 2. The molecule has 2 aromatic rings. The van der Waals surface area contributed by atoms with Crippen molar-refractivity contribution >= 4 is 15.9 Å². The summed E-state index contributed by atoms with van der Waals surface area (Å²) in [5.41, 5.74) is 0.657. The third kappa shape index (κ3) is 4.21. The average molecular weight is 361 g/mol. The van der Waals surface area contributed by atoms with Crippen molar-refractivity contribution in [3.05, 3.63) is 65.5 Å². The molecule has 130 valence electrons. The molecule has 0 saturated heterocycles. The molecule has 25 heavy (non-hydrogen) atoms. The van der Waals surface area contributed by atoms with E-state index in [4.69, 9.17) is 0 Å². The lowest BCUT2D eigenvalue weighted by Gasteiger charge is -2.13. The minimum absolute atomic E-state index is 0.0596. The van der Waals surface area contributed by atoms with E-state index in [-0.39, 0.29) is 10.5 Å². The molecule has 1 amide bonds. The van der Waals surface area contributed by atoms with E-state index in [1.807, 2.05) is 6.07 Å². The summed E-state index contributed by atoms with van der Waals surface area (Å²) in [6.07, 6.45) is 0. The van der Waals surface area contributed by atoms with Crippen molar-refractivity contribution in [1.82, 2.24) is 9.62 Å². The predicted molar refractivity (Wildman–Crippen MR) is 89.5 cm³/mol. The highest BCUT2D eigenvalue weighted by Gasteiger charge is 2.19. The van der Waals surface area contributed by atoms with Crippen LogP contribution in [0.1, 0.15) is 22.0 Å². The Morgan fingerprint density at radius 3 is 2.16 bits per heavy atom. The number of hydrogen-bond acceptors (Lipinski definition) is 4. The fourth-order valence-electron chi connectivity index (χ4n) is 2.05. The second-order valence-corrected chi connectivity index (χ2v) is 7.55. The fourth-order valence-corrected chi connectivity index (χ4v) is 2.95. The number of nitriles is 1. The molecule has 0 saturated carbocycles. The lowest BCUT2D eigenvalue weighted by atomic mass is 10.1. The molecule has 0 aliphatic heterocycles. The summed E-state index contributed by atoms with van der Waals surface area (Å²) in [7, 11) is -0.755. The minimum Gasteiger partial charge on any atom is -0.333 e. The number of amides is 1. The Morgan fingerprint density at radius 2 is 1.68 bits per heavy atom. The first-order valence-corrected chi connectivity index (χ1v) is 8.68. The molecule has 1 N–H and O–H groups in total. The summed E-state index contributed by atoms with van der Waals surface area (Å²) >= 11 is 0. The molecule has 8 heteroatoms. The number of rotatable bonds is 5. The van der Waals surface area contributed by atoms with Crippen LogP contribution in [0.2, 0.25) is 0 Å². The summed E-state index contributed by atoms with van der Waals surface area (Å²) in [6, 6.07) is 11.6. The number of hydrogen-bond donors (Lipinski definition) is 1. The Morgan fingerprint density at radius 1 is 1.12 bits per heavy atom. The van der Waals surface area contributed by atoms with Gasteiger partial charge in [-0.25, -0.2) is 17.1 Å². The zero-order valence-corrected chi connectivity index (χ0v) is 14.4. The Bertz CT molecular complexity index is 902. The maximum atomic E-state index is 12.9. The Labute approximate surface area is 145 Å². The van der Waals surface area contributed by atoms with Crippen molar-refractivity contribution < 1.29 is 17.6 Å². The van der Waals surface area contributed by atoms with Gasteiger partial charge in [0.25, 0.3) is 5.91 Å². The lowest BCUT2D eigenvalue weighted by molar-refractivity contribution is 0.0945. The molecule has 0 aromatic heterocycles. The molecule has 0 unspecified atom stereocenters. The number of sulfonamides is 1. The minimum atomic E-state index is -3.58. The van der Waals surface area contributed by atoms with Gasteiger partial charge in [-0.2, -0.15) is 5.26 Å². The van der Waals surface area contributed by atoms with E-state index in [0.29, 0.717) is 5.56 Å². The van der Waals surface area contributed by atoms with Crippen LogP contribution in [0.4, 0.5) is 4.39 Å². The third-order valence-corrected chi connectivity index (χ3v) is 5.33. The maximum Gasteiger partial charge on any atom is 0.252 e. The summed E-state index contributed by atoms with van der Waals surface area (Å²) in [5.74, 6) is -0.978. The summed E-state index contributed by atoms with van der Waals surface area (Å²) in [4.78, 5) is 12.3. The van der Waals surface area contributed by atoms with Crippen LogP contribution >= 0.6 is 0 Å². The molecule has 6 nitrogen and oxygen atoms in total. The summed E-state index contributed by atoms with van der Waals surface area (Å²) in [6.45, 7) is 0. The summed E-state index contributed by atoms with van der Waals surface area (Å²) in [5, 5.41) is 11.7. The van der Waals surface area contributed by atoms with E-state index in [1.54, 1.807) is 0 Å². The first-order valence-electron chi connectivity index (χ1n) is 7.24. The number of nitrogens with zero attached hydrogens (tertiary/aromatic N) is 2. The van der Waals surface area contributed by atoms with Crippen molar-refractivity contribution in [3.8, 4) is 6.07 Å². The van der Waals surface area contributed by atoms with Gasteiger partial charge in [-0.1, -0.05) is 12.1 Å². The number of halogens is 1. The maximum absolute atomic E-state index is 12.9. The van der Waals surface area contributed by atoms with Gasteiger partial charge >= 0.3 is 0 Å². The Hall–Kier alpha value is -2.76. The van der Waals surface area contributed by atoms with Crippen molar-refractivity contribution in [3.63, 3.8) is 0 Å². The number of carbonyl (C=O) groups excluding carboxylic acids is 1. The van der Waals surface area contributed by atoms with E-state index >= 15 is 0 Å². The van der Waals surface area contributed by atoms with Crippen molar-refractivity contribution in [1.29, 1.82) is 5.26 Å². The zero-order chi connectivity index (χ0) is 18.6. The van der Waals surface area contributed by atoms with Gasteiger partial charge in [0.2, 0.25) is 10.0 Å². The van der Waals surface area contributed by atoms with Gasteiger partial charge in [0, 0.05) is 19.7 Å². The van der Waals surface area contributed by atoms with E-state index < -0.39 is 27.8 Å². The third-order valence-electron chi connectivity index (χ3n) is 3.50. The van der Waals surface area contributed by atoms with Crippen molar-refractivity contribution in [2.24, 2.45) is 0 Å². The standard InChI is InChI=1S/C17H16FN3O3S/c1-21(2)25(23,24)15-9-5-13(6-10-15)17(22)20-16(11-19)12-3-7-14(18)8-4-12/h3-10,16H,1-2H3,(H,20,22)/t16-/m0/s1. The first kappa shape index (κ1) is 18.6. The SMILES string of the molecule is CN(C)S(=O)(=O)c1ccc(C(=O)N[C@@H](C#N)c2ccc(F)cc2)cc1. The van der Waals surface area contributed by atoms with Crippen LogP contribution in [0.15, 0.2) is 53.4 Å². The Balaban J connectivity index is 2.18. The van der Waals surface area contributed by atoms with Gasteiger partial charge < -0.3 is 5.32 Å². The molecule has 0 spiro atoms. The van der Waals surface area contributed by atoms with Gasteiger partial charge in [0.05, 0.1) is 11.0 Å². The van der Waals surface area contributed by atoms with Crippen molar-refractivity contribution in [2.45, 2.75) is 10.9 Å². The van der Waals surface area contributed by atoms with E-state index in [9.17, 15) is 22.9 Å². The molecule has 0 aliphatic rings. The molecule has 0 aliphatic carbocycles. The van der Waals surface area contributed by atoms with Crippen LogP contribution < -0.4 is 5.32 Å². The molecular formula is C17H16FN3O3S. The fraction of sp³-hybridized carbons (Fsp3) is 0.176. The second kappa shape index (κ2) is 7.42. The van der Waals surface area contributed by atoms with Gasteiger partial charge in [-0.3, -0.25) is 4.79 Å². The number of carbonyl (C=O) groups is 1. The quantitative estimate of drug-likeness (QED) is 0.883. The normalized spacial score (nSPS) is 12.4. The van der Waals surface area contributed by atoms with Crippen LogP contribution in [-0.4, -0.2) is 32.7 Å². The van der Waals surface area contributed by atoms with Crippen LogP contribution in [0.25, 0.3) is 0 Å². The number of nitrogens with one attached hydrogen (secondary N) is 1. The zero-order valence-electron chi connectivity index (χ0n) is 13.6. The first-order chi connectivity index (χ1) is 11.8. The lowest BCUT2D eigenvalue weighted by Crippen LogP contribution is -2.27. The highest BCUT2D eigenvalue weighted by molar-refractivity contribution is 7.89.